The number of methoxy groups -OCH3 is 1. The Hall–Kier alpha value is -1.92. The van der Waals surface area contributed by atoms with Crippen molar-refractivity contribution in [3.05, 3.63) is 59.4 Å². The second-order valence-electron chi connectivity index (χ2n) is 4.78. The fourth-order valence-electron chi connectivity index (χ4n) is 2.05. The van der Waals surface area contributed by atoms with Crippen molar-refractivity contribution in [3.63, 3.8) is 0 Å². The van der Waals surface area contributed by atoms with Gasteiger partial charge < -0.3 is 4.74 Å². The highest BCUT2D eigenvalue weighted by molar-refractivity contribution is 7.89. The van der Waals surface area contributed by atoms with Crippen LogP contribution in [0.2, 0.25) is 0 Å². The highest BCUT2D eigenvalue weighted by Crippen LogP contribution is 2.20. The van der Waals surface area contributed by atoms with Gasteiger partial charge in [-0.15, -0.1) is 0 Å². The molecule has 0 aliphatic carbocycles. The molecule has 0 bridgehead atoms. The topological polar surface area (TPSA) is 55.4 Å². The van der Waals surface area contributed by atoms with Crippen LogP contribution in [0.1, 0.15) is 18.1 Å². The van der Waals surface area contributed by atoms with Gasteiger partial charge in [0.25, 0.3) is 0 Å². The summed E-state index contributed by atoms with van der Waals surface area (Å²) in [6.45, 7) is 1.96. The number of ether oxygens (including phenoxy) is 1. The second kappa shape index (κ2) is 6.89. The van der Waals surface area contributed by atoms with Gasteiger partial charge in [0.15, 0.2) is 0 Å². The number of benzene rings is 2. The van der Waals surface area contributed by atoms with E-state index in [1.807, 2.05) is 6.92 Å². The van der Waals surface area contributed by atoms with E-state index in [-0.39, 0.29) is 11.4 Å². The quantitative estimate of drug-likeness (QED) is 0.889. The Morgan fingerprint density at radius 3 is 2.41 bits per heavy atom. The highest BCUT2D eigenvalue weighted by atomic mass is 32.2. The maximum Gasteiger partial charge on any atom is 0.240 e. The van der Waals surface area contributed by atoms with Gasteiger partial charge in [-0.25, -0.2) is 17.5 Å². The molecule has 0 radical (unpaired) electrons. The first-order chi connectivity index (χ1) is 10.5. The molecule has 0 fully saturated rings. The molecule has 0 saturated heterocycles. The fraction of sp³-hybridized carbons (Fsp3) is 0.250. The number of rotatable bonds is 6. The van der Waals surface area contributed by atoms with Crippen LogP contribution in [0.5, 0.6) is 5.75 Å². The van der Waals surface area contributed by atoms with Gasteiger partial charge in [-0.3, -0.25) is 0 Å². The number of hydrogen-bond donors (Lipinski definition) is 1. The average molecular weight is 323 g/mol. The van der Waals surface area contributed by atoms with Crippen LogP contribution in [0, 0.1) is 5.82 Å². The van der Waals surface area contributed by atoms with Crippen LogP contribution in [0.4, 0.5) is 4.39 Å². The molecule has 0 spiro atoms. The standard InChI is InChI=1S/C16H18FNO3S/c1-3-12-4-7-15(8-5-12)22(19,20)18-11-13-10-14(17)6-9-16(13)21-2/h4-10,18H,3,11H2,1-2H3. The van der Waals surface area contributed by atoms with Crippen molar-refractivity contribution in [3.8, 4) is 5.75 Å². The molecule has 6 heteroatoms. The summed E-state index contributed by atoms with van der Waals surface area (Å²) in [5, 5.41) is 0. The van der Waals surface area contributed by atoms with Crippen LogP contribution in [0.25, 0.3) is 0 Å². The van der Waals surface area contributed by atoms with Gasteiger partial charge in [0, 0.05) is 12.1 Å². The number of sulfonamides is 1. The molecule has 0 saturated carbocycles. The zero-order valence-corrected chi connectivity index (χ0v) is 13.3. The normalized spacial score (nSPS) is 11.4. The summed E-state index contributed by atoms with van der Waals surface area (Å²) < 4.78 is 45.3. The minimum Gasteiger partial charge on any atom is -0.496 e. The van der Waals surface area contributed by atoms with Crippen molar-refractivity contribution >= 4 is 10.0 Å². The predicted octanol–water partition coefficient (Wildman–Crippen LogP) is 2.88. The largest absolute Gasteiger partial charge is 0.496 e. The Morgan fingerprint density at radius 2 is 1.82 bits per heavy atom. The molecule has 0 aromatic heterocycles. The van der Waals surface area contributed by atoms with Gasteiger partial charge in [-0.1, -0.05) is 19.1 Å². The summed E-state index contributed by atoms with van der Waals surface area (Å²) in [6.07, 6.45) is 0.842. The second-order valence-corrected chi connectivity index (χ2v) is 6.55. The SMILES string of the molecule is CCc1ccc(S(=O)(=O)NCc2cc(F)ccc2OC)cc1. The maximum absolute atomic E-state index is 13.3. The van der Waals surface area contributed by atoms with Crippen LogP contribution in [-0.2, 0) is 23.0 Å². The Balaban J connectivity index is 2.17. The number of halogens is 1. The lowest BCUT2D eigenvalue weighted by Gasteiger charge is -2.11. The molecule has 2 aromatic carbocycles. The van der Waals surface area contributed by atoms with Crippen LogP contribution in [0.3, 0.4) is 0 Å². The molecule has 118 valence electrons. The molecule has 22 heavy (non-hydrogen) atoms. The first-order valence-corrected chi connectivity index (χ1v) is 8.35. The van der Waals surface area contributed by atoms with E-state index in [9.17, 15) is 12.8 Å². The molecule has 0 heterocycles. The molecular weight excluding hydrogens is 305 g/mol. The summed E-state index contributed by atoms with van der Waals surface area (Å²) >= 11 is 0. The Kier molecular flexibility index (Phi) is 5.15. The van der Waals surface area contributed by atoms with E-state index in [0.29, 0.717) is 11.3 Å². The maximum atomic E-state index is 13.3. The third-order valence-corrected chi connectivity index (χ3v) is 4.75. The number of nitrogens with one attached hydrogen (secondary N) is 1. The van der Waals surface area contributed by atoms with E-state index in [2.05, 4.69) is 4.72 Å². The van der Waals surface area contributed by atoms with Crippen molar-refractivity contribution < 1.29 is 17.5 Å². The van der Waals surface area contributed by atoms with Gasteiger partial charge in [0.1, 0.15) is 11.6 Å². The highest BCUT2D eigenvalue weighted by Gasteiger charge is 2.15. The molecule has 0 amide bonds. The van der Waals surface area contributed by atoms with E-state index in [4.69, 9.17) is 4.74 Å². The van der Waals surface area contributed by atoms with Gasteiger partial charge in [-0.05, 0) is 42.3 Å². The van der Waals surface area contributed by atoms with E-state index in [0.717, 1.165) is 12.0 Å². The van der Waals surface area contributed by atoms with Crippen molar-refractivity contribution in [1.82, 2.24) is 4.72 Å². The van der Waals surface area contributed by atoms with Crippen LogP contribution in [-0.4, -0.2) is 15.5 Å². The van der Waals surface area contributed by atoms with Crippen molar-refractivity contribution in [1.29, 1.82) is 0 Å². The Morgan fingerprint density at radius 1 is 1.14 bits per heavy atom. The van der Waals surface area contributed by atoms with E-state index in [1.54, 1.807) is 24.3 Å². The zero-order valence-electron chi connectivity index (χ0n) is 12.5. The van der Waals surface area contributed by atoms with Crippen LogP contribution in [0.15, 0.2) is 47.4 Å². The lowest BCUT2D eigenvalue weighted by atomic mass is 10.2. The lowest BCUT2D eigenvalue weighted by molar-refractivity contribution is 0.407. The molecule has 0 atom stereocenters. The first-order valence-electron chi connectivity index (χ1n) is 6.87. The Labute approximate surface area is 130 Å². The summed E-state index contributed by atoms with van der Waals surface area (Å²) in [7, 11) is -2.20. The van der Waals surface area contributed by atoms with Gasteiger partial charge in [0.05, 0.1) is 12.0 Å². The molecule has 2 aromatic rings. The van der Waals surface area contributed by atoms with E-state index in [1.165, 1.54) is 25.3 Å². The fourth-order valence-corrected chi connectivity index (χ4v) is 3.05. The summed E-state index contributed by atoms with van der Waals surface area (Å²) in [4.78, 5) is 0.181. The summed E-state index contributed by atoms with van der Waals surface area (Å²) in [5.41, 5.74) is 1.50. The Bertz CT molecular complexity index is 742. The molecule has 0 aliphatic rings. The first kappa shape index (κ1) is 16.5. The number of aryl methyl sites for hydroxylation is 1. The van der Waals surface area contributed by atoms with Crippen molar-refractivity contribution in [2.24, 2.45) is 0 Å². The van der Waals surface area contributed by atoms with Crippen molar-refractivity contribution in [2.75, 3.05) is 7.11 Å². The van der Waals surface area contributed by atoms with Crippen molar-refractivity contribution in [2.45, 2.75) is 24.8 Å². The van der Waals surface area contributed by atoms with Gasteiger partial charge in [0.2, 0.25) is 10.0 Å². The third-order valence-electron chi connectivity index (χ3n) is 3.34. The predicted molar refractivity (Wildman–Crippen MR) is 82.8 cm³/mol. The zero-order chi connectivity index (χ0) is 16.2. The molecule has 0 unspecified atom stereocenters. The minimum atomic E-state index is -3.65. The molecule has 1 N–H and O–H groups in total. The van der Waals surface area contributed by atoms with E-state index >= 15 is 0 Å². The average Bonchev–Trinajstić information content (AvgIpc) is 2.53. The van der Waals surface area contributed by atoms with Crippen LogP contribution < -0.4 is 9.46 Å². The van der Waals surface area contributed by atoms with Crippen LogP contribution >= 0.6 is 0 Å². The monoisotopic (exact) mass is 323 g/mol. The minimum absolute atomic E-state index is 0.0429. The molecule has 2 rings (SSSR count). The van der Waals surface area contributed by atoms with Gasteiger partial charge >= 0.3 is 0 Å². The lowest BCUT2D eigenvalue weighted by Crippen LogP contribution is -2.23. The van der Waals surface area contributed by atoms with E-state index < -0.39 is 15.8 Å². The smallest absolute Gasteiger partial charge is 0.240 e. The molecular formula is C16H18FNO3S. The number of hydrogen-bond acceptors (Lipinski definition) is 3. The van der Waals surface area contributed by atoms with Gasteiger partial charge in [-0.2, -0.15) is 0 Å². The third kappa shape index (κ3) is 3.84. The molecule has 4 nitrogen and oxygen atoms in total. The molecule has 0 aliphatic heterocycles. The summed E-state index contributed by atoms with van der Waals surface area (Å²) in [6, 6.07) is 10.7. The summed E-state index contributed by atoms with van der Waals surface area (Å²) in [5.74, 6) is -0.00673.